The van der Waals surface area contributed by atoms with E-state index in [4.69, 9.17) is 0 Å². The summed E-state index contributed by atoms with van der Waals surface area (Å²) in [6.45, 7) is 7.29. The third-order valence-electron chi connectivity index (χ3n) is 2.87. The number of aromatic hydroxyl groups is 1. The molecule has 1 aromatic carbocycles. The molecular weight excluding hydrogens is 217 g/mol. The predicted molar refractivity (Wildman–Crippen MR) is 68.6 cm³/mol. The molecule has 96 valence electrons. The van der Waals surface area contributed by atoms with Crippen molar-refractivity contribution in [3.8, 4) is 5.75 Å². The zero-order valence-corrected chi connectivity index (χ0v) is 10.8. The van der Waals surface area contributed by atoms with Crippen molar-refractivity contribution in [1.82, 2.24) is 5.32 Å². The van der Waals surface area contributed by atoms with E-state index in [0.717, 1.165) is 24.6 Å². The van der Waals surface area contributed by atoms with E-state index in [0.29, 0.717) is 5.92 Å². The van der Waals surface area contributed by atoms with E-state index in [2.05, 4.69) is 19.2 Å². The van der Waals surface area contributed by atoms with Crippen LogP contribution in [0.5, 0.6) is 5.75 Å². The molecule has 1 unspecified atom stereocenters. The highest BCUT2D eigenvalue weighted by molar-refractivity contribution is 5.34. The zero-order chi connectivity index (χ0) is 12.8. The van der Waals surface area contributed by atoms with Crippen LogP contribution in [0.4, 0.5) is 4.39 Å². The number of phenols is 1. The molecule has 1 atom stereocenters. The summed E-state index contributed by atoms with van der Waals surface area (Å²) in [4.78, 5) is 0. The highest BCUT2D eigenvalue weighted by atomic mass is 19.1. The monoisotopic (exact) mass is 239 g/mol. The van der Waals surface area contributed by atoms with Crippen molar-refractivity contribution in [3.63, 3.8) is 0 Å². The maximum absolute atomic E-state index is 12.8. The second-order valence-electron chi connectivity index (χ2n) is 4.92. The second-order valence-corrected chi connectivity index (χ2v) is 4.92. The van der Waals surface area contributed by atoms with Crippen LogP contribution in [0, 0.1) is 11.7 Å². The first kappa shape index (κ1) is 14.0. The van der Waals surface area contributed by atoms with Crippen LogP contribution in [0.15, 0.2) is 18.2 Å². The summed E-state index contributed by atoms with van der Waals surface area (Å²) >= 11 is 0. The lowest BCUT2D eigenvalue weighted by atomic mass is 10.1. The Labute approximate surface area is 103 Å². The maximum Gasteiger partial charge on any atom is 0.126 e. The van der Waals surface area contributed by atoms with Gasteiger partial charge in [0.2, 0.25) is 0 Å². The van der Waals surface area contributed by atoms with Crippen LogP contribution in [0.3, 0.4) is 0 Å². The Balaban J connectivity index is 2.44. The van der Waals surface area contributed by atoms with Crippen molar-refractivity contribution in [2.75, 3.05) is 6.54 Å². The number of phenolic OH excluding ortho intramolecular Hbond substituents is 1. The minimum absolute atomic E-state index is 0.0221. The lowest BCUT2D eigenvalue weighted by Crippen LogP contribution is -2.20. The van der Waals surface area contributed by atoms with Gasteiger partial charge in [-0.15, -0.1) is 0 Å². The van der Waals surface area contributed by atoms with Gasteiger partial charge in [-0.25, -0.2) is 4.39 Å². The fourth-order valence-electron chi connectivity index (χ4n) is 1.82. The molecule has 17 heavy (non-hydrogen) atoms. The van der Waals surface area contributed by atoms with Gasteiger partial charge in [-0.3, -0.25) is 0 Å². The number of benzene rings is 1. The fourth-order valence-corrected chi connectivity index (χ4v) is 1.82. The summed E-state index contributed by atoms with van der Waals surface area (Å²) in [5, 5.41) is 13.0. The van der Waals surface area contributed by atoms with Crippen molar-refractivity contribution in [2.45, 2.75) is 39.7 Å². The molecule has 0 bridgehead atoms. The van der Waals surface area contributed by atoms with Gasteiger partial charge in [-0.2, -0.15) is 0 Å². The molecule has 1 rings (SSSR count). The predicted octanol–water partition coefficient (Wildman–Crippen LogP) is 3.62. The van der Waals surface area contributed by atoms with Crippen LogP contribution in [0.1, 0.15) is 45.2 Å². The molecule has 0 saturated heterocycles. The molecule has 0 radical (unpaired) electrons. The van der Waals surface area contributed by atoms with Crippen LogP contribution in [0.2, 0.25) is 0 Å². The smallest absolute Gasteiger partial charge is 0.126 e. The van der Waals surface area contributed by atoms with Gasteiger partial charge in [0.15, 0.2) is 0 Å². The summed E-state index contributed by atoms with van der Waals surface area (Å²) < 4.78 is 12.8. The SMILES string of the molecule is CC(C)CCCNC(C)c1ccc(F)cc1O. The van der Waals surface area contributed by atoms with Crippen LogP contribution < -0.4 is 5.32 Å². The maximum atomic E-state index is 12.8. The average Bonchev–Trinajstić information content (AvgIpc) is 2.23. The van der Waals surface area contributed by atoms with Crippen LogP contribution in [-0.2, 0) is 0 Å². The Morgan fingerprint density at radius 3 is 2.59 bits per heavy atom. The Morgan fingerprint density at radius 2 is 2.00 bits per heavy atom. The first-order valence-electron chi connectivity index (χ1n) is 6.22. The van der Waals surface area contributed by atoms with E-state index in [9.17, 15) is 9.50 Å². The van der Waals surface area contributed by atoms with E-state index >= 15 is 0 Å². The number of rotatable bonds is 6. The van der Waals surface area contributed by atoms with E-state index in [1.807, 2.05) is 6.92 Å². The highest BCUT2D eigenvalue weighted by Crippen LogP contribution is 2.24. The largest absolute Gasteiger partial charge is 0.508 e. The van der Waals surface area contributed by atoms with Gasteiger partial charge in [-0.05, 0) is 38.3 Å². The molecule has 0 saturated carbocycles. The number of halogens is 1. The molecule has 2 nitrogen and oxygen atoms in total. The summed E-state index contributed by atoms with van der Waals surface area (Å²) in [7, 11) is 0. The molecule has 0 amide bonds. The van der Waals surface area contributed by atoms with Gasteiger partial charge in [0.05, 0.1) is 0 Å². The summed E-state index contributed by atoms with van der Waals surface area (Å²) in [6.07, 6.45) is 2.30. The molecule has 0 heterocycles. The third kappa shape index (κ3) is 4.73. The Bertz CT molecular complexity index is 352. The van der Waals surface area contributed by atoms with Crippen LogP contribution in [-0.4, -0.2) is 11.7 Å². The molecular formula is C14H22FNO. The number of hydrogen-bond acceptors (Lipinski definition) is 2. The average molecular weight is 239 g/mol. The lowest BCUT2D eigenvalue weighted by molar-refractivity contribution is 0.441. The van der Waals surface area contributed by atoms with Gasteiger partial charge >= 0.3 is 0 Å². The van der Waals surface area contributed by atoms with E-state index in [1.165, 1.54) is 12.5 Å². The first-order chi connectivity index (χ1) is 8.00. The van der Waals surface area contributed by atoms with Crippen molar-refractivity contribution >= 4 is 0 Å². The Morgan fingerprint density at radius 1 is 1.29 bits per heavy atom. The van der Waals surface area contributed by atoms with Gasteiger partial charge in [0, 0.05) is 17.7 Å². The topological polar surface area (TPSA) is 32.3 Å². The van der Waals surface area contributed by atoms with Crippen LogP contribution in [0.25, 0.3) is 0 Å². The van der Waals surface area contributed by atoms with Crippen molar-refractivity contribution in [2.24, 2.45) is 5.92 Å². The Hall–Kier alpha value is -1.09. The van der Waals surface area contributed by atoms with Gasteiger partial charge in [-0.1, -0.05) is 19.9 Å². The Kier molecular flexibility index (Phi) is 5.42. The summed E-state index contributed by atoms with van der Waals surface area (Å²) in [5.41, 5.74) is 0.746. The molecule has 0 spiro atoms. The summed E-state index contributed by atoms with van der Waals surface area (Å²) in [5.74, 6) is 0.332. The van der Waals surface area contributed by atoms with Gasteiger partial charge < -0.3 is 10.4 Å². The van der Waals surface area contributed by atoms with Crippen molar-refractivity contribution in [3.05, 3.63) is 29.6 Å². The molecule has 2 N–H and O–H groups in total. The molecule has 3 heteroatoms. The first-order valence-corrected chi connectivity index (χ1v) is 6.22. The van der Waals surface area contributed by atoms with E-state index in [1.54, 1.807) is 6.07 Å². The fraction of sp³-hybridized carbons (Fsp3) is 0.571. The molecule has 0 fully saturated rings. The van der Waals surface area contributed by atoms with E-state index < -0.39 is 5.82 Å². The minimum Gasteiger partial charge on any atom is -0.508 e. The second kappa shape index (κ2) is 6.60. The van der Waals surface area contributed by atoms with Gasteiger partial charge in [0.1, 0.15) is 11.6 Å². The molecule has 0 aliphatic carbocycles. The lowest BCUT2D eigenvalue weighted by Gasteiger charge is -2.16. The van der Waals surface area contributed by atoms with Crippen molar-refractivity contribution < 1.29 is 9.50 Å². The summed E-state index contributed by atoms with van der Waals surface area (Å²) in [6, 6.07) is 4.20. The highest BCUT2D eigenvalue weighted by Gasteiger charge is 2.10. The molecule has 0 aliphatic rings. The molecule has 0 aliphatic heterocycles. The normalized spacial score (nSPS) is 13.0. The number of nitrogens with one attached hydrogen (secondary N) is 1. The quantitative estimate of drug-likeness (QED) is 0.743. The van der Waals surface area contributed by atoms with E-state index in [-0.39, 0.29) is 11.8 Å². The van der Waals surface area contributed by atoms with Gasteiger partial charge in [0.25, 0.3) is 0 Å². The molecule has 1 aromatic rings. The van der Waals surface area contributed by atoms with Crippen LogP contribution >= 0.6 is 0 Å². The number of hydrogen-bond donors (Lipinski definition) is 2. The zero-order valence-electron chi connectivity index (χ0n) is 10.8. The minimum atomic E-state index is -0.404. The third-order valence-corrected chi connectivity index (χ3v) is 2.87. The molecule has 0 aromatic heterocycles. The van der Waals surface area contributed by atoms with Crippen molar-refractivity contribution in [1.29, 1.82) is 0 Å². The standard InChI is InChI=1S/C14H22FNO/c1-10(2)5-4-8-16-11(3)13-7-6-12(15)9-14(13)17/h6-7,9-11,16-17H,4-5,8H2,1-3H3.